The summed E-state index contributed by atoms with van der Waals surface area (Å²) in [6.45, 7) is 13.7. The van der Waals surface area contributed by atoms with Gasteiger partial charge in [0.25, 0.3) is 0 Å². The first kappa shape index (κ1) is 16.3. The molecule has 0 saturated carbocycles. The van der Waals surface area contributed by atoms with E-state index in [2.05, 4.69) is 63.0 Å². The van der Waals surface area contributed by atoms with Crippen molar-refractivity contribution < 1.29 is 0 Å². The minimum atomic E-state index is 0.489. The van der Waals surface area contributed by atoms with Crippen molar-refractivity contribution >= 4 is 0 Å². The van der Waals surface area contributed by atoms with Crippen molar-refractivity contribution in [3.05, 3.63) is 24.0 Å². The molecule has 0 aliphatic heterocycles. The van der Waals surface area contributed by atoms with Gasteiger partial charge < -0.3 is 9.88 Å². The maximum Gasteiger partial charge on any atom is 0.0358 e. The van der Waals surface area contributed by atoms with Gasteiger partial charge in [0.2, 0.25) is 0 Å². The Labute approximate surface area is 119 Å². The van der Waals surface area contributed by atoms with Crippen LogP contribution in [0.5, 0.6) is 0 Å². The van der Waals surface area contributed by atoms with Gasteiger partial charge in [-0.15, -0.1) is 0 Å². The van der Waals surface area contributed by atoms with Crippen LogP contribution in [0.15, 0.2) is 18.5 Å². The Morgan fingerprint density at radius 3 is 2.47 bits per heavy atom. The van der Waals surface area contributed by atoms with Crippen LogP contribution in [0.4, 0.5) is 0 Å². The van der Waals surface area contributed by atoms with E-state index in [1.165, 1.54) is 24.8 Å². The molecule has 2 atom stereocenters. The summed E-state index contributed by atoms with van der Waals surface area (Å²) in [6.07, 6.45) is 8.36. The third-order valence-electron chi connectivity index (χ3n) is 3.72. The molecule has 0 saturated heterocycles. The lowest BCUT2D eigenvalue weighted by Crippen LogP contribution is -2.26. The predicted molar refractivity (Wildman–Crippen MR) is 84.4 cm³/mol. The van der Waals surface area contributed by atoms with Gasteiger partial charge >= 0.3 is 0 Å². The minimum Gasteiger partial charge on any atom is -0.354 e. The third-order valence-corrected chi connectivity index (χ3v) is 3.72. The van der Waals surface area contributed by atoms with E-state index in [0.717, 1.165) is 19.0 Å². The Bertz CT molecular complexity index is 341. The number of nitrogens with one attached hydrogen (secondary N) is 1. The predicted octanol–water partition coefficient (Wildman–Crippen LogP) is 4.62. The van der Waals surface area contributed by atoms with Crippen molar-refractivity contribution in [2.45, 2.75) is 66.5 Å². The lowest BCUT2D eigenvalue weighted by Gasteiger charge is -2.21. The van der Waals surface area contributed by atoms with Gasteiger partial charge in [-0.3, -0.25) is 0 Å². The summed E-state index contributed by atoms with van der Waals surface area (Å²) in [5, 5.41) is 3.66. The van der Waals surface area contributed by atoms with Gasteiger partial charge in [0, 0.05) is 25.0 Å². The van der Waals surface area contributed by atoms with Crippen molar-refractivity contribution in [3.63, 3.8) is 0 Å². The summed E-state index contributed by atoms with van der Waals surface area (Å²) in [6, 6.07) is 2.77. The smallest absolute Gasteiger partial charge is 0.0358 e. The molecule has 1 heterocycles. The molecule has 1 rings (SSSR count). The van der Waals surface area contributed by atoms with E-state index in [-0.39, 0.29) is 0 Å². The molecule has 0 aromatic carbocycles. The summed E-state index contributed by atoms with van der Waals surface area (Å²) in [4.78, 5) is 0. The number of aromatic nitrogens is 1. The van der Waals surface area contributed by atoms with Crippen LogP contribution in [-0.2, 0) is 6.54 Å². The molecular weight excluding hydrogens is 232 g/mol. The van der Waals surface area contributed by atoms with Crippen LogP contribution in [0.3, 0.4) is 0 Å². The van der Waals surface area contributed by atoms with Crippen LogP contribution in [0.25, 0.3) is 0 Å². The normalized spacial score (nSPS) is 14.8. The van der Waals surface area contributed by atoms with Gasteiger partial charge in [0.1, 0.15) is 0 Å². The van der Waals surface area contributed by atoms with Crippen LogP contribution in [-0.4, -0.2) is 11.1 Å². The van der Waals surface area contributed by atoms with Crippen molar-refractivity contribution in [1.82, 2.24) is 9.88 Å². The van der Waals surface area contributed by atoms with Crippen LogP contribution < -0.4 is 5.32 Å². The summed E-state index contributed by atoms with van der Waals surface area (Å²) in [7, 11) is 0. The highest BCUT2D eigenvalue weighted by molar-refractivity contribution is 5.16. The lowest BCUT2D eigenvalue weighted by atomic mass is 9.98. The average Bonchev–Trinajstić information content (AvgIpc) is 2.77. The molecule has 0 amide bonds. The fourth-order valence-electron chi connectivity index (χ4n) is 2.74. The van der Waals surface area contributed by atoms with Gasteiger partial charge in [-0.2, -0.15) is 0 Å². The van der Waals surface area contributed by atoms with E-state index >= 15 is 0 Å². The van der Waals surface area contributed by atoms with Crippen molar-refractivity contribution in [2.75, 3.05) is 6.54 Å². The molecule has 1 aromatic heterocycles. The Hall–Kier alpha value is -0.760. The molecule has 0 radical (unpaired) electrons. The Balaban J connectivity index is 2.64. The second-order valence-corrected chi connectivity index (χ2v) is 6.21. The van der Waals surface area contributed by atoms with E-state index in [9.17, 15) is 0 Å². The van der Waals surface area contributed by atoms with E-state index < -0.39 is 0 Å². The molecular formula is C17H32N2. The molecule has 2 nitrogen and oxygen atoms in total. The van der Waals surface area contributed by atoms with Crippen LogP contribution in [0.1, 0.15) is 65.5 Å². The summed E-state index contributed by atoms with van der Waals surface area (Å²) in [5.41, 5.74) is 1.44. The Morgan fingerprint density at radius 2 is 1.89 bits per heavy atom. The molecule has 1 N–H and O–H groups in total. The van der Waals surface area contributed by atoms with Gasteiger partial charge in [-0.25, -0.2) is 0 Å². The topological polar surface area (TPSA) is 17.0 Å². The van der Waals surface area contributed by atoms with Crippen LogP contribution in [0.2, 0.25) is 0 Å². The van der Waals surface area contributed by atoms with Gasteiger partial charge in [0.15, 0.2) is 0 Å². The summed E-state index contributed by atoms with van der Waals surface area (Å²) >= 11 is 0. The second-order valence-electron chi connectivity index (χ2n) is 6.21. The van der Waals surface area contributed by atoms with Crippen molar-refractivity contribution in [1.29, 1.82) is 0 Å². The first-order chi connectivity index (χ1) is 9.08. The lowest BCUT2D eigenvalue weighted by molar-refractivity contribution is 0.409. The molecule has 110 valence electrons. The average molecular weight is 264 g/mol. The molecule has 2 heteroatoms. The highest BCUT2D eigenvalue weighted by Gasteiger charge is 2.16. The zero-order chi connectivity index (χ0) is 14.3. The van der Waals surface area contributed by atoms with Gasteiger partial charge in [0.05, 0.1) is 0 Å². The quantitative estimate of drug-likeness (QED) is 0.688. The van der Waals surface area contributed by atoms with Crippen molar-refractivity contribution in [2.24, 2.45) is 11.8 Å². The fraction of sp³-hybridized carbons (Fsp3) is 0.765. The zero-order valence-corrected chi connectivity index (χ0v) is 13.4. The molecule has 0 aliphatic carbocycles. The molecule has 19 heavy (non-hydrogen) atoms. The molecule has 0 aliphatic rings. The highest BCUT2D eigenvalue weighted by Crippen LogP contribution is 2.22. The maximum absolute atomic E-state index is 3.66. The SMILES string of the molecule is CCCNC(c1ccn(CC(C)CCC)c1)C(C)C. The molecule has 2 unspecified atom stereocenters. The molecule has 0 spiro atoms. The van der Waals surface area contributed by atoms with E-state index in [1.807, 2.05) is 0 Å². The summed E-state index contributed by atoms with van der Waals surface area (Å²) in [5.74, 6) is 1.40. The number of rotatable bonds is 9. The number of hydrogen-bond acceptors (Lipinski definition) is 1. The van der Waals surface area contributed by atoms with Crippen LogP contribution >= 0.6 is 0 Å². The third kappa shape index (κ3) is 5.40. The number of nitrogens with zero attached hydrogens (tertiary/aromatic N) is 1. The van der Waals surface area contributed by atoms with Gasteiger partial charge in [-0.05, 0) is 42.9 Å². The fourth-order valence-corrected chi connectivity index (χ4v) is 2.74. The highest BCUT2D eigenvalue weighted by atomic mass is 15.0. The Kier molecular flexibility index (Phi) is 7.22. The number of hydrogen-bond donors (Lipinski definition) is 1. The first-order valence-corrected chi connectivity index (χ1v) is 7.97. The van der Waals surface area contributed by atoms with E-state index in [1.54, 1.807) is 0 Å². The van der Waals surface area contributed by atoms with Crippen LogP contribution in [0, 0.1) is 11.8 Å². The summed E-state index contributed by atoms with van der Waals surface area (Å²) < 4.78 is 2.36. The molecule has 0 bridgehead atoms. The second kappa shape index (κ2) is 8.42. The minimum absolute atomic E-state index is 0.489. The van der Waals surface area contributed by atoms with Gasteiger partial charge in [-0.1, -0.05) is 41.0 Å². The molecule has 0 fully saturated rings. The maximum atomic E-state index is 3.66. The van der Waals surface area contributed by atoms with E-state index in [4.69, 9.17) is 0 Å². The van der Waals surface area contributed by atoms with Crippen molar-refractivity contribution in [3.8, 4) is 0 Å². The molecule has 1 aromatic rings. The largest absolute Gasteiger partial charge is 0.354 e. The first-order valence-electron chi connectivity index (χ1n) is 7.97. The standard InChI is InChI=1S/C17H32N2/c1-6-8-15(5)12-19-11-9-16(13-19)17(14(3)4)18-10-7-2/h9,11,13-15,17-18H,6-8,10,12H2,1-5H3. The zero-order valence-electron chi connectivity index (χ0n) is 13.4. The Morgan fingerprint density at radius 1 is 1.16 bits per heavy atom. The van der Waals surface area contributed by atoms with E-state index in [0.29, 0.717) is 12.0 Å². The monoisotopic (exact) mass is 264 g/mol.